The number of methoxy groups -OCH3 is 1. The van der Waals surface area contributed by atoms with Gasteiger partial charge in [-0.2, -0.15) is 5.10 Å². The Morgan fingerprint density at radius 2 is 1.93 bits per heavy atom. The van der Waals surface area contributed by atoms with E-state index in [1.165, 1.54) is 0 Å². The minimum atomic E-state index is 0.498. The molecule has 0 saturated heterocycles. The summed E-state index contributed by atoms with van der Waals surface area (Å²) in [7, 11) is 1.67. The van der Waals surface area contributed by atoms with Gasteiger partial charge in [0, 0.05) is 10.7 Å². The van der Waals surface area contributed by atoms with Crippen LogP contribution < -0.4 is 15.4 Å². The maximum absolute atomic E-state index is 6.09. The average molecular weight is 415 g/mol. The fourth-order valence-corrected chi connectivity index (χ4v) is 3.36. The van der Waals surface area contributed by atoms with E-state index >= 15 is 0 Å². The fraction of sp³-hybridized carbons (Fsp3) is 0.238. The second-order valence-corrected chi connectivity index (χ2v) is 7.44. The predicted octanol–water partition coefficient (Wildman–Crippen LogP) is 5.33. The van der Waals surface area contributed by atoms with Gasteiger partial charge in [0.1, 0.15) is 5.75 Å². The molecule has 0 aliphatic heterocycles. The molecule has 146 valence electrons. The lowest BCUT2D eigenvalue weighted by Crippen LogP contribution is -2.20. The van der Waals surface area contributed by atoms with Gasteiger partial charge in [0.15, 0.2) is 5.11 Å². The summed E-state index contributed by atoms with van der Waals surface area (Å²) >= 11 is 11.6. The summed E-state index contributed by atoms with van der Waals surface area (Å²) in [5.41, 5.74) is 5.85. The second kappa shape index (κ2) is 8.63. The molecule has 0 saturated carbocycles. The summed E-state index contributed by atoms with van der Waals surface area (Å²) in [5, 5.41) is 12.3. The van der Waals surface area contributed by atoms with Gasteiger partial charge in [-0.1, -0.05) is 29.8 Å². The topological polar surface area (TPSA) is 51.1 Å². The van der Waals surface area contributed by atoms with Crippen molar-refractivity contribution in [2.24, 2.45) is 0 Å². The van der Waals surface area contributed by atoms with E-state index in [0.29, 0.717) is 16.7 Å². The van der Waals surface area contributed by atoms with Crippen molar-refractivity contribution in [2.45, 2.75) is 27.3 Å². The zero-order valence-electron chi connectivity index (χ0n) is 16.3. The Kier molecular flexibility index (Phi) is 6.21. The lowest BCUT2D eigenvalue weighted by Gasteiger charge is -2.13. The lowest BCUT2D eigenvalue weighted by molar-refractivity contribution is 0.414. The summed E-state index contributed by atoms with van der Waals surface area (Å²) in [4.78, 5) is 0. The van der Waals surface area contributed by atoms with Gasteiger partial charge >= 0.3 is 0 Å². The summed E-state index contributed by atoms with van der Waals surface area (Å²) < 4.78 is 7.26. The molecule has 2 aromatic carbocycles. The highest BCUT2D eigenvalue weighted by Gasteiger charge is 2.14. The van der Waals surface area contributed by atoms with Gasteiger partial charge in [-0.3, -0.25) is 4.68 Å². The Bertz CT molecular complexity index is 1020. The number of anilines is 2. The van der Waals surface area contributed by atoms with Crippen molar-refractivity contribution in [3.05, 3.63) is 70.0 Å². The van der Waals surface area contributed by atoms with E-state index in [9.17, 15) is 0 Å². The molecule has 0 amide bonds. The van der Waals surface area contributed by atoms with Crippen molar-refractivity contribution < 1.29 is 4.74 Å². The van der Waals surface area contributed by atoms with E-state index < -0.39 is 0 Å². The maximum Gasteiger partial charge on any atom is 0.175 e. The molecule has 1 heterocycles. The third-order valence-corrected chi connectivity index (χ3v) is 4.97. The fourth-order valence-electron chi connectivity index (χ4n) is 2.97. The van der Waals surface area contributed by atoms with Crippen molar-refractivity contribution in [2.75, 3.05) is 17.7 Å². The van der Waals surface area contributed by atoms with Gasteiger partial charge in [0.05, 0.1) is 30.7 Å². The van der Waals surface area contributed by atoms with E-state index in [-0.39, 0.29) is 0 Å². The predicted molar refractivity (Wildman–Crippen MR) is 120 cm³/mol. The Hall–Kier alpha value is -2.57. The van der Waals surface area contributed by atoms with Crippen LogP contribution in [0.25, 0.3) is 0 Å². The Morgan fingerprint density at radius 1 is 1.14 bits per heavy atom. The van der Waals surface area contributed by atoms with Crippen molar-refractivity contribution in [3.8, 4) is 5.75 Å². The van der Waals surface area contributed by atoms with Gasteiger partial charge in [-0.05, 0) is 68.4 Å². The number of aryl methyl sites for hydroxylation is 2. The minimum Gasteiger partial charge on any atom is -0.497 e. The monoisotopic (exact) mass is 414 g/mol. The molecule has 0 atom stereocenters. The number of hydrogen-bond donors (Lipinski definition) is 2. The molecule has 0 aliphatic rings. The number of aromatic nitrogens is 2. The van der Waals surface area contributed by atoms with Gasteiger partial charge in [0.2, 0.25) is 0 Å². The molecular weight excluding hydrogens is 392 g/mol. The molecule has 3 aromatic rings. The highest BCUT2D eigenvalue weighted by Crippen LogP contribution is 2.24. The Labute approximate surface area is 175 Å². The second-order valence-electron chi connectivity index (χ2n) is 6.59. The van der Waals surface area contributed by atoms with E-state index in [4.69, 9.17) is 28.6 Å². The lowest BCUT2D eigenvalue weighted by atomic mass is 10.2. The van der Waals surface area contributed by atoms with Crippen LogP contribution in [0.2, 0.25) is 5.02 Å². The number of thiocarbonyl (C=S) groups is 1. The Morgan fingerprint density at radius 3 is 2.68 bits per heavy atom. The first-order valence-corrected chi connectivity index (χ1v) is 9.67. The van der Waals surface area contributed by atoms with Crippen LogP contribution in [0.5, 0.6) is 5.75 Å². The maximum atomic E-state index is 6.09. The first-order valence-electron chi connectivity index (χ1n) is 8.88. The van der Waals surface area contributed by atoms with E-state index in [0.717, 1.165) is 39.6 Å². The molecule has 0 fully saturated rings. The number of nitrogens with one attached hydrogen (secondary N) is 2. The normalized spacial score (nSPS) is 10.6. The molecule has 2 N–H and O–H groups in total. The van der Waals surface area contributed by atoms with Crippen molar-refractivity contribution in [3.63, 3.8) is 0 Å². The number of halogens is 1. The largest absolute Gasteiger partial charge is 0.497 e. The zero-order valence-corrected chi connectivity index (χ0v) is 17.9. The van der Waals surface area contributed by atoms with Crippen LogP contribution in [0, 0.1) is 20.8 Å². The summed E-state index contributed by atoms with van der Waals surface area (Å²) in [6.45, 7) is 6.64. The molecule has 28 heavy (non-hydrogen) atoms. The van der Waals surface area contributed by atoms with Crippen LogP contribution in [0.4, 0.5) is 11.4 Å². The van der Waals surface area contributed by atoms with Crippen LogP contribution in [0.15, 0.2) is 42.5 Å². The van der Waals surface area contributed by atoms with Crippen LogP contribution in [-0.4, -0.2) is 22.0 Å². The third kappa shape index (κ3) is 4.64. The molecule has 0 radical (unpaired) electrons. The van der Waals surface area contributed by atoms with Crippen LogP contribution >= 0.6 is 23.8 Å². The minimum absolute atomic E-state index is 0.498. The summed E-state index contributed by atoms with van der Waals surface area (Å²) in [6.07, 6.45) is 0. The molecular formula is C21H23ClN4OS. The Balaban J connectivity index is 1.76. The third-order valence-electron chi connectivity index (χ3n) is 4.53. The van der Waals surface area contributed by atoms with Gasteiger partial charge in [0.25, 0.3) is 0 Å². The summed E-state index contributed by atoms with van der Waals surface area (Å²) in [6, 6.07) is 13.6. The van der Waals surface area contributed by atoms with Crippen LogP contribution in [-0.2, 0) is 6.54 Å². The first-order chi connectivity index (χ1) is 13.4. The number of rotatable bonds is 5. The SMILES string of the molecule is COc1cccc(Cn2nc(C)c(NC(=S)Nc3cc(Cl)ccc3C)c2C)c1. The van der Waals surface area contributed by atoms with E-state index in [2.05, 4.69) is 21.8 Å². The molecule has 0 unspecified atom stereocenters. The van der Waals surface area contributed by atoms with Crippen LogP contribution in [0.3, 0.4) is 0 Å². The van der Waals surface area contributed by atoms with Crippen molar-refractivity contribution >= 4 is 40.3 Å². The zero-order chi connectivity index (χ0) is 20.3. The van der Waals surface area contributed by atoms with Gasteiger partial charge in [-0.25, -0.2) is 0 Å². The molecule has 0 aliphatic carbocycles. The molecule has 5 nitrogen and oxygen atoms in total. The highest BCUT2D eigenvalue weighted by molar-refractivity contribution is 7.80. The number of nitrogens with zero attached hydrogens (tertiary/aromatic N) is 2. The molecule has 1 aromatic heterocycles. The number of hydrogen-bond acceptors (Lipinski definition) is 3. The molecule has 0 spiro atoms. The van der Waals surface area contributed by atoms with Crippen molar-refractivity contribution in [1.82, 2.24) is 9.78 Å². The quantitative estimate of drug-likeness (QED) is 0.553. The first kappa shape index (κ1) is 20.2. The molecule has 0 bridgehead atoms. The molecule has 3 rings (SSSR count). The van der Waals surface area contributed by atoms with E-state index in [1.54, 1.807) is 7.11 Å². The van der Waals surface area contributed by atoms with E-state index in [1.807, 2.05) is 61.9 Å². The molecule has 7 heteroatoms. The van der Waals surface area contributed by atoms with Crippen LogP contribution in [0.1, 0.15) is 22.5 Å². The highest BCUT2D eigenvalue weighted by atomic mass is 35.5. The average Bonchev–Trinajstić information content (AvgIpc) is 2.92. The standard InChI is InChI=1S/C21H23ClN4OS/c1-13-8-9-17(22)11-19(13)23-21(28)24-20-14(2)25-26(15(20)3)12-16-6-5-7-18(10-16)27-4/h5-11H,12H2,1-4H3,(H2,23,24,28). The smallest absolute Gasteiger partial charge is 0.175 e. The van der Waals surface area contributed by atoms with Gasteiger partial charge in [-0.15, -0.1) is 0 Å². The number of benzene rings is 2. The van der Waals surface area contributed by atoms with Gasteiger partial charge < -0.3 is 15.4 Å². The number of ether oxygens (including phenoxy) is 1. The van der Waals surface area contributed by atoms with Crippen molar-refractivity contribution in [1.29, 1.82) is 0 Å². The summed E-state index contributed by atoms with van der Waals surface area (Å²) in [5.74, 6) is 0.833.